The number of carbonyl (C=O) groups is 2. The second kappa shape index (κ2) is 12.0. The van der Waals surface area contributed by atoms with Crippen molar-refractivity contribution in [1.29, 1.82) is 0 Å². The van der Waals surface area contributed by atoms with Gasteiger partial charge in [0.25, 0.3) is 0 Å². The number of thioether (sulfide) groups is 1. The van der Waals surface area contributed by atoms with Crippen LogP contribution in [0.3, 0.4) is 0 Å². The van der Waals surface area contributed by atoms with Crippen LogP contribution in [0.15, 0.2) is 78.9 Å². The number of halogens is 1. The highest BCUT2D eigenvalue weighted by Crippen LogP contribution is 2.50. The molecule has 2 aliphatic heterocycles. The highest BCUT2D eigenvalue weighted by Gasteiger charge is 2.39. The van der Waals surface area contributed by atoms with Crippen LogP contribution in [-0.4, -0.2) is 59.0 Å². The molecule has 1 atom stereocenters. The fourth-order valence-corrected chi connectivity index (χ4v) is 6.94. The van der Waals surface area contributed by atoms with E-state index in [-0.39, 0.29) is 35.2 Å². The fraction of sp³-hybridized carbons (Fsp3) is 0.303. The molecule has 42 heavy (non-hydrogen) atoms. The third-order valence-corrected chi connectivity index (χ3v) is 9.30. The zero-order valence-electron chi connectivity index (χ0n) is 23.7. The van der Waals surface area contributed by atoms with E-state index in [4.69, 9.17) is 9.84 Å². The Bertz CT molecular complexity index is 1580. The average molecular weight is 585 g/mol. The molecule has 1 aromatic heterocycles. The average Bonchev–Trinajstić information content (AvgIpc) is 3.34. The van der Waals surface area contributed by atoms with Gasteiger partial charge in [0.2, 0.25) is 11.8 Å². The summed E-state index contributed by atoms with van der Waals surface area (Å²) < 4.78 is 21.5. The summed E-state index contributed by atoms with van der Waals surface area (Å²) in [5.74, 6) is 1.32. The number of methoxy groups -OCH3 is 1. The van der Waals surface area contributed by atoms with Crippen LogP contribution in [0.2, 0.25) is 0 Å². The first-order chi connectivity index (χ1) is 20.4. The number of ether oxygens (including phenoxy) is 1. The summed E-state index contributed by atoms with van der Waals surface area (Å²) in [6.45, 7) is 3.47. The highest BCUT2D eigenvalue weighted by molar-refractivity contribution is 8.00. The lowest BCUT2D eigenvalue weighted by Gasteiger charge is -2.32. The summed E-state index contributed by atoms with van der Waals surface area (Å²) in [6.07, 6.45) is 1.89. The number of anilines is 1. The van der Waals surface area contributed by atoms with Crippen LogP contribution in [0.25, 0.3) is 16.9 Å². The Kier molecular flexibility index (Phi) is 8.02. The smallest absolute Gasteiger partial charge is 0.242 e. The summed E-state index contributed by atoms with van der Waals surface area (Å²) >= 11 is 1.49. The minimum absolute atomic E-state index is 0.0879. The molecule has 1 saturated heterocycles. The topological polar surface area (TPSA) is 67.7 Å². The van der Waals surface area contributed by atoms with Crippen LogP contribution in [0.4, 0.5) is 10.2 Å². The maximum Gasteiger partial charge on any atom is 0.242 e. The molecule has 0 aliphatic carbocycles. The number of amides is 2. The first-order valence-electron chi connectivity index (χ1n) is 14.2. The Hall–Kier alpha value is -4.11. The summed E-state index contributed by atoms with van der Waals surface area (Å²) in [7, 11) is 1.64. The summed E-state index contributed by atoms with van der Waals surface area (Å²) in [5, 5.41) is 4.75. The zero-order chi connectivity index (χ0) is 29.2. The Morgan fingerprint density at radius 1 is 1.00 bits per heavy atom. The van der Waals surface area contributed by atoms with Gasteiger partial charge in [-0.15, -0.1) is 11.8 Å². The van der Waals surface area contributed by atoms with Gasteiger partial charge in [-0.1, -0.05) is 55.5 Å². The monoisotopic (exact) mass is 584 g/mol. The van der Waals surface area contributed by atoms with Gasteiger partial charge in [-0.2, -0.15) is 5.10 Å². The van der Waals surface area contributed by atoms with Crippen molar-refractivity contribution in [2.24, 2.45) is 5.92 Å². The molecule has 3 aromatic carbocycles. The quantitative estimate of drug-likeness (QED) is 0.273. The van der Waals surface area contributed by atoms with Gasteiger partial charge in [0.1, 0.15) is 23.9 Å². The second-order valence-corrected chi connectivity index (χ2v) is 11.9. The van der Waals surface area contributed by atoms with E-state index in [0.29, 0.717) is 42.0 Å². The van der Waals surface area contributed by atoms with E-state index in [2.05, 4.69) is 6.92 Å². The van der Waals surface area contributed by atoms with E-state index in [1.54, 1.807) is 28.8 Å². The lowest BCUT2D eigenvalue weighted by molar-refractivity contribution is -0.132. The third kappa shape index (κ3) is 5.41. The Labute approximate surface area is 249 Å². The summed E-state index contributed by atoms with van der Waals surface area (Å²) in [5.41, 5.74) is 3.88. The molecule has 0 unspecified atom stereocenters. The van der Waals surface area contributed by atoms with Crippen molar-refractivity contribution in [2.75, 3.05) is 37.4 Å². The largest absolute Gasteiger partial charge is 0.496 e. The maximum absolute atomic E-state index is 14.0. The normalized spacial score (nSPS) is 17.6. The molecule has 7 nitrogen and oxygen atoms in total. The van der Waals surface area contributed by atoms with Gasteiger partial charge in [0, 0.05) is 29.8 Å². The number of rotatable bonds is 6. The van der Waals surface area contributed by atoms with Gasteiger partial charge in [-0.25, -0.2) is 9.07 Å². The number of hydrogen-bond donors (Lipinski definition) is 0. The predicted molar refractivity (Wildman–Crippen MR) is 164 cm³/mol. The molecule has 0 saturated carbocycles. The van der Waals surface area contributed by atoms with Crippen LogP contribution in [-0.2, 0) is 9.59 Å². The van der Waals surface area contributed by atoms with Gasteiger partial charge in [-0.05, 0) is 49.1 Å². The number of para-hydroxylation sites is 1. The molecule has 2 amide bonds. The number of carbonyl (C=O) groups excluding carboxylic acids is 2. The van der Waals surface area contributed by atoms with E-state index in [1.807, 2.05) is 59.5 Å². The van der Waals surface area contributed by atoms with Crippen molar-refractivity contribution < 1.29 is 18.7 Å². The molecule has 1 fully saturated rings. The minimum atomic E-state index is -0.370. The molecular weight excluding hydrogens is 551 g/mol. The molecule has 4 aromatic rings. The number of nitrogens with zero attached hydrogens (tertiary/aromatic N) is 4. The van der Waals surface area contributed by atoms with Crippen LogP contribution in [0.5, 0.6) is 5.75 Å². The molecule has 3 heterocycles. The van der Waals surface area contributed by atoms with E-state index in [9.17, 15) is 14.0 Å². The molecular formula is C33H33FN4O3S. The Morgan fingerprint density at radius 3 is 2.40 bits per heavy atom. The molecule has 0 N–H and O–H groups in total. The fourth-order valence-electron chi connectivity index (χ4n) is 5.71. The number of benzene rings is 3. The molecule has 0 spiro atoms. The first-order valence-corrected chi connectivity index (χ1v) is 15.3. The third-order valence-electron chi connectivity index (χ3n) is 8.06. The van der Waals surface area contributed by atoms with Crippen LogP contribution in [0, 0.1) is 11.7 Å². The van der Waals surface area contributed by atoms with Crippen molar-refractivity contribution in [3.8, 4) is 22.7 Å². The number of aromatic nitrogens is 2. The van der Waals surface area contributed by atoms with Gasteiger partial charge in [0.05, 0.1) is 29.5 Å². The second-order valence-electron chi connectivity index (χ2n) is 10.8. The highest BCUT2D eigenvalue weighted by atomic mass is 32.2. The predicted octanol–water partition coefficient (Wildman–Crippen LogP) is 6.11. The molecule has 2 aliphatic rings. The van der Waals surface area contributed by atoms with E-state index in [1.165, 1.54) is 23.9 Å². The maximum atomic E-state index is 14.0. The molecule has 9 heteroatoms. The van der Waals surface area contributed by atoms with Crippen molar-refractivity contribution in [3.63, 3.8) is 0 Å². The van der Waals surface area contributed by atoms with Crippen molar-refractivity contribution in [3.05, 3.63) is 95.8 Å². The molecule has 216 valence electrons. The van der Waals surface area contributed by atoms with E-state index >= 15 is 0 Å². The van der Waals surface area contributed by atoms with E-state index in [0.717, 1.165) is 29.5 Å². The van der Waals surface area contributed by atoms with Gasteiger partial charge >= 0.3 is 0 Å². The van der Waals surface area contributed by atoms with Crippen molar-refractivity contribution in [2.45, 2.75) is 25.0 Å². The van der Waals surface area contributed by atoms with Crippen LogP contribution < -0.4 is 9.64 Å². The van der Waals surface area contributed by atoms with Gasteiger partial charge in [0.15, 0.2) is 0 Å². The zero-order valence-corrected chi connectivity index (χ0v) is 24.5. The van der Waals surface area contributed by atoms with Crippen molar-refractivity contribution in [1.82, 2.24) is 14.7 Å². The van der Waals surface area contributed by atoms with Gasteiger partial charge < -0.3 is 9.64 Å². The Balaban J connectivity index is 1.57. The van der Waals surface area contributed by atoms with Crippen LogP contribution >= 0.6 is 11.8 Å². The number of fused-ring (bicyclic) bond motifs is 1. The molecule has 0 radical (unpaired) electrons. The first kappa shape index (κ1) is 28.0. The van der Waals surface area contributed by atoms with Crippen LogP contribution in [0.1, 0.15) is 36.1 Å². The lowest BCUT2D eigenvalue weighted by atomic mass is 9.98. The standard InChI is InChI=1S/C33H33FN4O3S/c1-22-16-18-36(19-17-22)28(39)20-37-29(40)21-42-32(26-10-6-7-11-27(26)41-2)30-31(23-8-4-3-5-9-23)35-38(33(30)37)25-14-12-24(34)13-15-25/h3-15,22,32H,16-21H2,1-2H3/t32-/m1/s1. The Morgan fingerprint density at radius 2 is 1.69 bits per heavy atom. The number of likely N-dealkylation sites (tertiary alicyclic amines) is 1. The minimum Gasteiger partial charge on any atom is -0.496 e. The summed E-state index contributed by atoms with van der Waals surface area (Å²) in [6, 6.07) is 23.6. The summed E-state index contributed by atoms with van der Waals surface area (Å²) in [4.78, 5) is 31.1. The number of hydrogen-bond acceptors (Lipinski definition) is 5. The number of piperidine rings is 1. The molecule has 0 bridgehead atoms. The van der Waals surface area contributed by atoms with Gasteiger partial charge in [-0.3, -0.25) is 14.5 Å². The van der Waals surface area contributed by atoms with E-state index < -0.39 is 0 Å². The molecule has 6 rings (SSSR count). The van der Waals surface area contributed by atoms with Crippen molar-refractivity contribution >= 4 is 29.4 Å². The lowest BCUT2D eigenvalue weighted by Crippen LogP contribution is -2.46. The SMILES string of the molecule is COc1ccccc1[C@H]1SCC(=O)N(CC(=O)N2CCC(C)CC2)c2c1c(-c1ccccc1)nn2-c1ccc(F)cc1.